The van der Waals surface area contributed by atoms with E-state index in [-0.39, 0.29) is 0 Å². The monoisotopic (exact) mass is 263 g/mol. The van der Waals surface area contributed by atoms with Gasteiger partial charge < -0.3 is 9.73 Å². The van der Waals surface area contributed by atoms with E-state index in [0.29, 0.717) is 36.2 Å². The lowest BCUT2D eigenvalue weighted by Gasteiger charge is -2.00. The molecular formula is C13H14ClN3O. The Bertz CT molecular complexity index is 514. The van der Waals surface area contributed by atoms with Crippen molar-refractivity contribution in [2.24, 2.45) is 0 Å². The molecule has 1 aliphatic rings. The minimum atomic E-state index is 0.400. The fourth-order valence-corrected chi connectivity index (χ4v) is 2.24. The van der Waals surface area contributed by atoms with Gasteiger partial charge in [-0.3, -0.25) is 0 Å². The number of benzene rings is 1. The highest BCUT2D eigenvalue weighted by molar-refractivity contribution is 6.17. The highest BCUT2D eigenvalue weighted by atomic mass is 35.5. The summed E-state index contributed by atoms with van der Waals surface area (Å²) in [5.41, 5.74) is 1.36. The summed E-state index contributed by atoms with van der Waals surface area (Å²) in [5, 5.41) is 11.1. The number of alkyl halides is 1. The molecule has 2 aromatic rings. The first kappa shape index (κ1) is 11.5. The Morgan fingerprint density at radius 1 is 1.28 bits per heavy atom. The van der Waals surface area contributed by atoms with E-state index in [9.17, 15) is 0 Å². The van der Waals surface area contributed by atoms with Crippen molar-refractivity contribution in [1.82, 2.24) is 10.2 Å². The van der Waals surface area contributed by atoms with Gasteiger partial charge >= 0.3 is 6.01 Å². The van der Waals surface area contributed by atoms with Crippen LogP contribution in [0.4, 0.5) is 6.01 Å². The average molecular weight is 264 g/mol. The molecule has 1 aromatic carbocycles. The molecule has 0 radical (unpaired) electrons. The van der Waals surface area contributed by atoms with Crippen molar-refractivity contribution in [2.45, 2.75) is 24.8 Å². The molecule has 3 rings (SSSR count). The molecule has 0 bridgehead atoms. The van der Waals surface area contributed by atoms with Gasteiger partial charge in [0.15, 0.2) is 0 Å². The lowest BCUT2D eigenvalue weighted by molar-refractivity contribution is 0.511. The third-order valence-electron chi connectivity index (χ3n) is 3.10. The summed E-state index contributed by atoms with van der Waals surface area (Å²) < 4.78 is 5.44. The minimum Gasteiger partial charge on any atom is -0.408 e. The van der Waals surface area contributed by atoms with Gasteiger partial charge in [0, 0.05) is 24.3 Å². The van der Waals surface area contributed by atoms with Gasteiger partial charge in [0.1, 0.15) is 0 Å². The Hall–Kier alpha value is -1.55. The summed E-state index contributed by atoms with van der Waals surface area (Å²) in [6.07, 6.45) is 1.72. The molecule has 4 nitrogen and oxygen atoms in total. The van der Waals surface area contributed by atoms with Crippen molar-refractivity contribution in [2.75, 3.05) is 11.2 Å². The predicted molar refractivity (Wildman–Crippen MR) is 69.9 cm³/mol. The van der Waals surface area contributed by atoms with Crippen molar-refractivity contribution in [3.8, 4) is 0 Å². The second-order valence-corrected chi connectivity index (χ2v) is 4.82. The summed E-state index contributed by atoms with van der Waals surface area (Å²) >= 11 is 5.62. The normalized spacial score (nSPS) is 21.8. The molecule has 1 aliphatic carbocycles. The van der Waals surface area contributed by atoms with Gasteiger partial charge in [0.05, 0.1) is 0 Å². The van der Waals surface area contributed by atoms with Crippen molar-refractivity contribution in [3.63, 3.8) is 0 Å². The fourth-order valence-electron chi connectivity index (χ4n) is 2.08. The highest BCUT2D eigenvalue weighted by Gasteiger charge is 2.39. The molecule has 1 N–H and O–H groups in total. The van der Waals surface area contributed by atoms with Gasteiger partial charge in [-0.15, -0.1) is 16.7 Å². The van der Waals surface area contributed by atoms with Crippen LogP contribution < -0.4 is 5.32 Å². The molecule has 1 fully saturated rings. The molecular weight excluding hydrogens is 250 g/mol. The lowest BCUT2D eigenvalue weighted by Crippen LogP contribution is -2.04. The molecule has 0 spiro atoms. The third kappa shape index (κ3) is 2.48. The maximum absolute atomic E-state index is 5.62. The number of hydrogen-bond donors (Lipinski definition) is 1. The van der Waals surface area contributed by atoms with E-state index in [1.165, 1.54) is 5.56 Å². The van der Waals surface area contributed by atoms with Crippen LogP contribution in [0.5, 0.6) is 0 Å². The van der Waals surface area contributed by atoms with Crippen molar-refractivity contribution < 1.29 is 4.42 Å². The van der Waals surface area contributed by atoms with Gasteiger partial charge in [-0.25, -0.2) is 0 Å². The van der Waals surface area contributed by atoms with E-state index < -0.39 is 0 Å². The number of aryl methyl sites for hydroxylation is 1. The molecule has 1 heterocycles. The van der Waals surface area contributed by atoms with E-state index >= 15 is 0 Å². The standard InChI is InChI=1S/C13H14ClN3O/c14-7-6-12-16-17-13(18-12)15-11-8-10(11)9-4-2-1-3-5-9/h1-5,10-11H,6-8H2,(H,15,17). The van der Waals surface area contributed by atoms with Gasteiger partial charge in [-0.1, -0.05) is 35.4 Å². The van der Waals surface area contributed by atoms with Crippen molar-refractivity contribution in [3.05, 3.63) is 41.8 Å². The maximum Gasteiger partial charge on any atom is 0.315 e. The minimum absolute atomic E-state index is 0.400. The Labute approximate surface area is 110 Å². The number of nitrogens with one attached hydrogen (secondary N) is 1. The molecule has 2 unspecified atom stereocenters. The Morgan fingerprint density at radius 2 is 2.11 bits per heavy atom. The smallest absolute Gasteiger partial charge is 0.315 e. The zero-order chi connectivity index (χ0) is 12.4. The van der Waals surface area contributed by atoms with Crippen LogP contribution in [0.15, 0.2) is 34.7 Å². The molecule has 2 atom stereocenters. The SMILES string of the molecule is ClCCc1nnc(NC2CC2c2ccccc2)o1. The summed E-state index contributed by atoms with van der Waals surface area (Å²) in [7, 11) is 0. The van der Waals surface area contributed by atoms with Crippen LogP contribution in [0.1, 0.15) is 23.8 Å². The fraction of sp³-hybridized carbons (Fsp3) is 0.385. The zero-order valence-electron chi connectivity index (χ0n) is 9.84. The van der Waals surface area contributed by atoms with E-state index in [4.69, 9.17) is 16.0 Å². The number of hydrogen-bond acceptors (Lipinski definition) is 4. The summed E-state index contributed by atoms with van der Waals surface area (Å²) in [6.45, 7) is 0. The topological polar surface area (TPSA) is 51.0 Å². The lowest BCUT2D eigenvalue weighted by atomic mass is 10.1. The van der Waals surface area contributed by atoms with Crippen LogP contribution in [-0.2, 0) is 6.42 Å². The third-order valence-corrected chi connectivity index (χ3v) is 3.29. The molecule has 0 amide bonds. The van der Waals surface area contributed by atoms with Crippen LogP contribution in [0.25, 0.3) is 0 Å². The maximum atomic E-state index is 5.62. The largest absolute Gasteiger partial charge is 0.408 e. The first-order valence-corrected chi connectivity index (χ1v) is 6.60. The molecule has 18 heavy (non-hydrogen) atoms. The zero-order valence-corrected chi connectivity index (χ0v) is 10.6. The first-order chi connectivity index (χ1) is 8.86. The Kier molecular flexibility index (Phi) is 3.19. The van der Waals surface area contributed by atoms with Gasteiger partial charge in [-0.2, -0.15) is 0 Å². The van der Waals surface area contributed by atoms with E-state index in [1.54, 1.807) is 0 Å². The number of rotatable bonds is 5. The van der Waals surface area contributed by atoms with Gasteiger partial charge in [-0.05, 0) is 12.0 Å². The Morgan fingerprint density at radius 3 is 2.89 bits per heavy atom. The summed E-state index contributed by atoms with van der Waals surface area (Å²) in [5.74, 6) is 1.64. The second kappa shape index (κ2) is 4.98. The average Bonchev–Trinajstić information content (AvgIpc) is 3.02. The quantitative estimate of drug-likeness (QED) is 0.843. The molecule has 0 aliphatic heterocycles. The van der Waals surface area contributed by atoms with Crippen LogP contribution in [-0.4, -0.2) is 22.1 Å². The van der Waals surface area contributed by atoms with E-state index in [2.05, 4.69) is 39.8 Å². The summed E-state index contributed by atoms with van der Waals surface area (Å²) in [4.78, 5) is 0. The molecule has 1 saturated carbocycles. The molecule has 5 heteroatoms. The van der Waals surface area contributed by atoms with Crippen LogP contribution >= 0.6 is 11.6 Å². The van der Waals surface area contributed by atoms with Crippen molar-refractivity contribution in [1.29, 1.82) is 0 Å². The second-order valence-electron chi connectivity index (χ2n) is 4.44. The Balaban J connectivity index is 1.59. The number of nitrogens with zero attached hydrogens (tertiary/aromatic N) is 2. The van der Waals surface area contributed by atoms with Crippen LogP contribution in [0.2, 0.25) is 0 Å². The van der Waals surface area contributed by atoms with Gasteiger partial charge in [0.2, 0.25) is 5.89 Å². The molecule has 94 valence electrons. The van der Waals surface area contributed by atoms with Crippen LogP contribution in [0, 0.1) is 0 Å². The van der Waals surface area contributed by atoms with E-state index in [1.807, 2.05) is 6.07 Å². The molecule has 1 aromatic heterocycles. The van der Waals surface area contributed by atoms with Crippen LogP contribution in [0.3, 0.4) is 0 Å². The summed E-state index contributed by atoms with van der Waals surface area (Å²) in [6, 6.07) is 11.4. The molecule has 0 saturated heterocycles. The number of anilines is 1. The van der Waals surface area contributed by atoms with Crippen molar-refractivity contribution >= 4 is 17.6 Å². The van der Waals surface area contributed by atoms with E-state index in [0.717, 1.165) is 6.42 Å². The number of halogens is 1. The predicted octanol–water partition coefficient (Wildman–Crippen LogP) is 2.82. The van der Waals surface area contributed by atoms with Gasteiger partial charge in [0.25, 0.3) is 0 Å². The number of aromatic nitrogens is 2. The first-order valence-electron chi connectivity index (χ1n) is 6.06. The highest BCUT2D eigenvalue weighted by Crippen LogP contribution is 2.42.